The number of halogens is 2. The Morgan fingerprint density at radius 3 is 2.60 bits per heavy atom. The Labute approximate surface area is 128 Å². The molecule has 0 aliphatic heterocycles. The highest BCUT2D eigenvalue weighted by atomic mass is 35.5. The van der Waals surface area contributed by atoms with Gasteiger partial charge in [-0.3, -0.25) is 0 Å². The molecule has 0 fully saturated rings. The molecule has 0 radical (unpaired) electrons. The van der Waals surface area contributed by atoms with Crippen molar-refractivity contribution in [3.8, 4) is 0 Å². The molecule has 1 unspecified atom stereocenters. The molecule has 2 rings (SSSR count). The van der Waals surface area contributed by atoms with Crippen molar-refractivity contribution in [2.75, 3.05) is 6.54 Å². The molecule has 0 saturated carbocycles. The second-order valence-corrected chi connectivity index (χ2v) is 6.65. The van der Waals surface area contributed by atoms with Gasteiger partial charge in [-0.1, -0.05) is 24.6 Å². The zero-order valence-corrected chi connectivity index (χ0v) is 13.5. The van der Waals surface area contributed by atoms with Gasteiger partial charge in [0.15, 0.2) is 0 Å². The van der Waals surface area contributed by atoms with Crippen LogP contribution in [0.1, 0.15) is 40.3 Å². The van der Waals surface area contributed by atoms with Crippen LogP contribution in [0.25, 0.3) is 0 Å². The first-order valence-electron chi connectivity index (χ1n) is 6.78. The van der Waals surface area contributed by atoms with Crippen LogP contribution in [0.3, 0.4) is 0 Å². The van der Waals surface area contributed by atoms with E-state index in [1.54, 1.807) is 17.4 Å². The van der Waals surface area contributed by atoms with Crippen LogP contribution in [0.5, 0.6) is 0 Å². The molecule has 108 valence electrons. The van der Waals surface area contributed by atoms with E-state index in [4.69, 9.17) is 11.6 Å². The van der Waals surface area contributed by atoms with Crippen LogP contribution in [0.15, 0.2) is 24.3 Å². The number of hydrogen-bond donors (Lipinski definition) is 1. The lowest BCUT2D eigenvalue weighted by Crippen LogP contribution is -2.23. The van der Waals surface area contributed by atoms with Gasteiger partial charge in [0.05, 0.1) is 6.04 Å². The molecule has 0 aliphatic rings. The zero-order valence-electron chi connectivity index (χ0n) is 12.0. The number of benzene rings is 1. The van der Waals surface area contributed by atoms with Gasteiger partial charge in [-0.2, -0.15) is 0 Å². The largest absolute Gasteiger partial charge is 0.306 e. The van der Waals surface area contributed by atoms with E-state index in [2.05, 4.69) is 32.2 Å². The average Bonchev–Trinajstić information content (AvgIpc) is 2.71. The molecule has 0 aliphatic carbocycles. The quantitative estimate of drug-likeness (QED) is 0.795. The van der Waals surface area contributed by atoms with Crippen molar-refractivity contribution in [3.05, 3.63) is 56.0 Å². The summed E-state index contributed by atoms with van der Waals surface area (Å²) in [4.78, 5) is 2.53. The standard InChI is InChI=1S/C16H19ClFNS/c1-4-7-19-15(16-10(2)8-11(3)20-16)13-6-5-12(18)9-14(13)17/h5-6,8-9,15,19H,4,7H2,1-3H3. The fourth-order valence-corrected chi connectivity index (χ4v) is 3.72. The number of aryl methyl sites for hydroxylation is 2. The van der Waals surface area contributed by atoms with Crippen molar-refractivity contribution in [2.45, 2.75) is 33.2 Å². The van der Waals surface area contributed by atoms with Crippen LogP contribution >= 0.6 is 22.9 Å². The number of hydrogen-bond acceptors (Lipinski definition) is 2. The maximum Gasteiger partial charge on any atom is 0.124 e. The molecular formula is C16H19ClFNS. The monoisotopic (exact) mass is 311 g/mol. The van der Waals surface area contributed by atoms with Gasteiger partial charge in [-0.25, -0.2) is 4.39 Å². The summed E-state index contributed by atoms with van der Waals surface area (Å²) in [5, 5.41) is 4.00. The zero-order chi connectivity index (χ0) is 14.7. The second kappa shape index (κ2) is 6.70. The van der Waals surface area contributed by atoms with Crippen LogP contribution in [0, 0.1) is 19.7 Å². The molecule has 0 saturated heterocycles. The molecule has 1 nitrogen and oxygen atoms in total. The van der Waals surface area contributed by atoms with E-state index in [-0.39, 0.29) is 11.9 Å². The molecule has 2 aromatic rings. The van der Waals surface area contributed by atoms with E-state index in [9.17, 15) is 4.39 Å². The van der Waals surface area contributed by atoms with Gasteiger partial charge in [0.1, 0.15) is 5.82 Å². The van der Waals surface area contributed by atoms with E-state index < -0.39 is 0 Å². The van der Waals surface area contributed by atoms with Gasteiger partial charge >= 0.3 is 0 Å². The molecule has 20 heavy (non-hydrogen) atoms. The van der Waals surface area contributed by atoms with E-state index >= 15 is 0 Å². The first-order valence-corrected chi connectivity index (χ1v) is 7.97. The highest BCUT2D eigenvalue weighted by molar-refractivity contribution is 7.12. The minimum atomic E-state index is -0.299. The summed E-state index contributed by atoms with van der Waals surface area (Å²) in [5.41, 5.74) is 2.19. The number of rotatable bonds is 5. The first kappa shape index (κ1) is 15.5. The van der Waals surface area contributed by atoms with Crippen LogP contribution in [-0.4, -0.2) is 6.54 Å². The topological polar surface area (TPSA) is 12.0 Å². The summed E-state index contributed by atoms with van der Waals surface area (Å²) in [6.07, 6.45) is 1.04. The molecule has 1 aromatic heterocycles. The van der Waals surface area contributed by atoms with Crippen LogP contribution in [0.2, 0.25) is 5.02 Å². The molecule has 1 aromatic carbocycles. The molecule has 0 amide bonds. The lowest BCUT2D eigenvalue weighted by atomic mass is 10.0. The maximum absolute atomic E-state index is 13.2. The predicted molar refractivity (Wildman–Crippen MR) is 85.3 cm³/mol. The fraction of sp³-hybridized carbons (Fsp3) is 0.375. The average molecular weight is 312 g/mol. The van der Waals surface area contributed by atoms with Crippen molar-refractivity contribution < 1.29 is 4.39 Å². The third-order valence-electron chi connectivity index (χ3n) is 3.21. The Balaban J connectivity index is 2.44. The summed E-state index contributed by atoms with van der Waals surface area (Å²) in [7, 11) is 0. The highest BCUT2D eigenvalue weighted by Crippen LogP contribution is 2.35. The minimum Gasteiger partial charge on any atom is -0.306 e. The maximum atomic E-state index is 13.2. The van der Waals surface area contributed by atoms with E-state index in [0.29, 0.717) is 5.02 Å². The van der Waals surface area contributed by atoms with Crippen LogP contribution < -0.4 is 5.32 Å². The second-order valence-electron chi connectivity index (χ2n) is 4.96. The first-order chi connectivity index (χ1) is 9.52. The third kappa shape index (κ3) is 3.40. The highest BCUT2D eigenvalue weighted by Gasteiger charge is 2.20. The van der Waals surface area contributed by atoms with Gasteiger partial charge in [-0.05, 0) is 56.1 Å². The summed E-state index contributed by atoms with van der Waals surface area (Å²) < 4.78 is 13.2. The van der Waals surface area contributed by atoms with Crippen LogP contribution in [-0.2, 0) is 0 Å². The Hall–Kier alpha value is -0.900. The van der Waals surface area contributed by atoms with Gasteiger partial charge in [0.25, 0.3) is 0 Å². The molecule has 4 heteroatoms. The summed E-state index contributed by atoms with van der Waals surface area (Å²) in [6.45, 7) is 7.23. The molecular weight excluding hydrogens is 293 g/mol. The Kier molecular flexibility index (Phi) is 5.19. The molecule has 1 atom stereocenters. The van der Waals surface area contributed by atoms with Gasteiger partial charge in [-0.15, -0.1) is 11.3 Å². The molecule has 1 heterocycles. The van der Waals surface area contributed by atoms with Crippen molar-refractivity contribution in [3.63, 3.8) is 0 Å². The molecule has 0 bridgehead atoms. The van der Waals surface area contributed by atoms with Crippen molar-refractivity contribution in [1.29, 1.82) is 0 Å². The summed E-state index contributed by atoms with van der Waals surface area (Å²) >= 11 is 8.00. The van der Waals surface area contributed by atoms with E-state index in [1.807, 2.05) is 0 Å². The molecule has 0 spiro atoms. The van der Waals surface area contributed by atoms with Gasteiger partial charge in [0.2, 0.25) is 0 Å². The number of nitrogens with one attached hydrogen (secondary N) is 1. The normalized spacial score (nSPS) is 12.7. The fourth-order valence-electron chi connectivity index (χ4n) is 2.31. The third-order valence-corrected chi connectivity index (χ3v) is 4.76. The van der Waals surface area contributed by atoms with E-state index in [1.165, 1.54) is 27.5 Å². The van der Waals surface area contributed by atoms with E-state index in [0.717, 1.165) is 18.5 Å². The number of thiophene rings is 1. The lowest BCUT2D eigenvalue weighted by Gasteiger charge is -2.20. The van der Waals surface area contributed by atoms with Crippen molar-refractivity contribution in [1.82, 2.24) is 5.32 Å². The van der Waals surface area contributed by atoms with Gasteiger partial charge in [0, 0.05) is 14.8 Å². The predicted octanol–water partition coefficient (Wildman–Crippen LogP) is 5.25. The summed E-state index contributed by atoms with van der Waals surface area (Å²) in [5.74, 6) is -0.299. The minimum absolute atomic E-state index is 0.0294. The Bertz CT molecular complexity index is 594. The Morgan fingerprint density at radius 1 is 1.30 bits per heavy atom. The molecule has 1 N–H and O–H groups in total. The van der Waals surface area contributed by atoms with Gasteiger partial charge < -0.3 is 5.32 Å². The Morgan fingerprint density at radius 2 is 2.05 bits per heavy atom. The smallest absolute Gasteiger partial charge is 0.124 e. The van der Waals surface area contributed by atoms with Crippen LogP contribution in [0.4, 0.5) is 4.39 Å². The SMILES string of the molecule is CCCNC(c1ccc(F)cc1Cl)c1sc(C)cc1C. The summed E-state index contributed by atoms with van der Waals surface area (Å²) in [6, 6.07) is 6.84. The van der Waals surface area contributed by atoms with Crippen molar-refractivity contribution in [2.24, 2.45) is 0 Å². The lowest BCUT2D eigenvalue weighted by molar-refractivity contribution is 0.598. The van der Waals surface area contributed by atoms with Crippen molar-refractivity contribution >= 4 is 22.9 Å².